The van der Waals surface area contributed by atoms with Crippen LogP contribution in [-0.2, 0) is 19.0 Å². The van der Waals surface area contributed by atoms with Gasteiger partial charge in [0.15, 0.2) is 5.65 Å². The second-order valence-corrected chi connectivity index (χ2v) is 9.65. The Kier molecular flexibility index (Phi) is 7.39. The summed E-state index contributed by atoms with van der Waals surface area (Å²) in [5.74, 6) is 0.282. The first-order valence-electron chi connectivity index (χ1n) is 9.83. The van der Waals surface area contributed by atoms with Crippen LogP contribution >= 0.6 is 0 Å². The van der Waals surface area contributed by atoms with E-state index in [1.807, 2.05) is 44.2 Å². The van der Waals surface area contributed by atoms with E-state index in [9.17, 15) is 8.42 Å². The summed E-state index contributed by atoms with van der Waals surface area (Å²) in [5, 5.41) is 0. The molecule has 0 aliphatic rings. The van der Waals surface area contributed by atoms with Crippen molar-refractivity contribution in [2.24, 2.45) is 5.73 Å². The van der Waals surface area contributed by atoms with E-state index in [1.54, 1.807) is 4.90 Å². The molecule has 168 valence electrons. The molecule has 0 amide bonds. The van der Waals surface area contributed by atoms with Crippen molar-refractivity contribution in [2.75, 3.05) is 30.9 Å². The lowest BCUT2D eigenvalue weighted by Gasteiger charge is -2.28. The fourth-order valence-electron chi connectivity index (χ4n) is 2.87. The number of fused-ring (bicyclic) bond motifs is 1. The highest BCUT2D eigenvalue weighted by molar-refractivity contribution is 7.86. The van der Waals surface area contributed by atoms with Crippen LogP contribution < -0.4 is 16.2 Å². The van der Waals surface area contributed by atoms with Gasteiger partial charge in [-0.05, 0) is 26.0 Å². The van der Waals surface area contributed by atoms with Crippen LogP contribution in [0.3, 0.4) is 0 Å². The molecule has 0 aliphatic heterocycles. The van der Waals surface area contributed by atoms with Gasteiger partial charge in [-0.1, -0.05) is 18.2 Å². The van der Waals surface area contributed by atoms with Gasteiger partial charge in [0, 0.05) is 23.0 Å². The Bertz CT molecular complexity index is 1160. The van der Waals surface area contributed by atoms with E-state index in [0.717, 1.165) is 11.9 Å². The topological polar surface area (TPSA) is 133 Å². The molecule has 2 aromatic heterocycles. The minimum atomic E-state index is -3.76. The highest BCUT2D eigenvalue weighted by Gasteiger charge is 2.24. The van der Waals surface area contributed by atoms with E-state index in [1.165, 1.54) is 12.4 Å². The van der Waals surface area contributed by atoms with Crippen LogP contribution in [0.4, 0.5) is 11.6 Å². The van der Waals surface area contributed by atoms with E-state index < -0.39 is 21.8 Å². The summed E-state index contributed by atoms with van der Waals surface area (Å²) < 4.78 is 34.7. The number of rotatable bonds is 10. The first-order chi connectivity index (χ1) is 15.0. The highest BCUT2D eigenvalue weighted by Crippen LogP contribution is 2.24. The molecule has 0 saturated heterocycles. The fourth-order valence-corrected chi connectivity index (χ4v) is 3.48. The van der Waals surface area contributed by atoms with Crippen molar-refractivity contribution in [2.45, 2.75) is 25.5 Å². The zero-order valence-electron chi connectivity index (χ0n) is 18.2. The van der Waals surface area contributed by atoms with E-state index in [4.69, 9.17) is 22.5 Å². The Balaban J connectivity index is 1.94. The maximum Gasteiger partial charge on any atom is 0.264 e. The molecule has 1 atom stereocenters. The molecule has 0 aliphatic carbocycles. The molecule has 3 aromatic rings. The van der Waals surface area contributed by atoms with Gasteiger partial charge in [0.05, 0.1) is 32.2 Å². The van der Waals surface area contributed by atoms with Crippen molar-refractivity contribution >= 4 is 46.4 Å². The van der Waals surface area contributed by atoms with Crippen LogP contribution in [0.2, 0.25) is 0 Å². The molecule has 2 radical (unpaired) electrons. The molecule has 0 spiro atoms. The Morgan fingerprint density at radius 2 is 1.88 bits per heavy atom. The van der Waals surface area contributed by atoms with Crippen molar-refractivity contribution in [1.29, 1.82) is 0 Å². The summed E-state index contributed by atoms with van der Waals surface area (Å²) in [6.07, 6.45) is 3.09. The van der Waals surface area contributed by atoms with Gasteiger partial charge < -0.3 is 15.4 Å². The molecule has 0 fully saturated rings. The standard InChI is InChI=1S/C20H25BN6O4S/c1-20(2,22)13-30-12-15(31-32(3,28)29)11-27(14-7-5-4-6-8-14)19-24-9-16-18(26-19)25-17(21)10-23-16/h4-10,15H,11-13,22H2,1-3H3. The first kappa shape index (κ1) is 24.0. The number of ether oxygens (including phenoxy) is 1. The van der Waals surface area contributed by atoms with Crippen molar-refractivity contribution in [3.05, 3.63) is 42.7 Å². The summed E-state index contributed by atoms with van der Waals surface area (Å²) in [6.45, 7) is 3.93. The Hall–Kier alpha value is -2.67. The van der Waals surface area contributed by atoms with Gasteiger partial charge in [0.1, 0.15) is 19.5 Å². The molecule has 2 heterocycles. The summed E-state index contributed by atoms with van der Waals surface area (Å²) in [4.78, 5) is 18.9. The number of benzene rings is 1. The largest absolute Gasteiger partial charge is 0.377 e. The number of para-hydroxylation sites is 1. The number of hydrogen-bond donors (Lipinski definition) is 1. The third kappa shape index (κ3) is 7.19. The second-order valence-electron chi connectivity index (χ2n) is 8.05. The normalized spacial score (nSPS) is 13.2. The van der Waals surface area contributed by atoms with Crippen LogP contribution in [0.25, 0.3) is 11.2 Å². The van der Waals surface area contributed by atoms with Gasteiger partial charge in [0.25, 0.3) is 10.1 Å². The molecule has 0 bridgehead atoms. The molecule has 0 saturated carbocycles. The summed E-state index contributed by atoms with van der Waals surface area (Å²) >= 11 is 0. The SMILES string of the molecule is [B]c1cnc2cnc(N(CC(COCC(C)(C)N)OS(C)(=O)=O)c3ccccc3)nc2n1. The lowest BCUT2D eigenvalue weighted by molar-refractivity contribution is 0.0378. The van der Waals surface area contributed by atoms with Gasteiger partial charge in [0.2, 0.25) is 5.95 Å². The van der Waals surface area contributed by atoms with Crippen LogP contribution in [0.1, 0.15) is 13.8 Å². The summed E-state index contributed by atoms with van der Waals surface area (Å²) in [5.41, 5.74) is 7.14. The van der Waals surface area contributed by atoms with Crippen LogP contribution in [0.5, 0.6) is 0 Å². The number of hydrogen-bond acceptors (Lipinski definition) is 10. The van der Waals surface area contributed by atoms with Crippen molar-refractivity contribution in [3.63, 3.8) is 0 Å². The molecule has 1 aromatic carbocycles. The van der Waals surface area contributed by atoms with Crippen LogP contribution in [-0.4, -0.2) is 73.9 Å². The Morgan fingerprint density at radius 3 is 2.53 bits per heavy atom. The van der Waals surface area contributed by atoms with E-state index in [0.29, 0.717) is 11.2 Å². The number of aromatic nitrogens is 4. The van der Waals surface area contributed by atoms with E-state index in [2.05, 4.69) is 19.9 Å². The molecule has 3 rings (SSSR count). The van der Waals surface area contributed by atoms with Gasteiger partial charge >= 0.3 is 0 Å². The molecule has 2 N–H and O–H groups in total. The van der Waals surface area contributed by atoms with Crippen LogP contribution in [0, 0.1) is 0 Å². The monoisotopic (exact) mass is 456 g/mol. The number of anilines is 2. The average Bonchev–Trinajstić information content (AvgIpc) is 2.70. The van der Waals surface area contributed by atoms with Gasteiger partial charge in [-0.25, -0.2) is 9.97 Å². The van der Waals surface area contributed by atoms with Crippen molar-refractivity contribution in [1.82, 2.24) is 19.9 Å². The minimum absolute atomic E-state index is 0.00261. The lowest BCUT2D eigenvalue weighted by Crippen LogP contribution is -2.41. The average molecular weight is 456 g/mol. The van der Waals surface area contributed by atoms with Gasteiger partial charge in [-0.3, -0.25) is 9.17 Å². The van der Waals surface area contributed by atoms with Gasteiger partial charge in [-0.15, -0.1) is 0 Å². The fraction of sp³-hybridized carbons (Fsp3) is 0.400. The zero-order valence-corrected chi connectivity index (χ0v) is 19.0. The van der Waals surface area contributed by atoms with Crippen molar-refractivity contribution < 1.29 is 17.3 Å². The maximum absolute atomic E-state index is 11.9. The lowest BCUT2D eigenvalue weighted by atomic mass is 10.1. The molecule has 10 nitrogen and oxygen atoms in total. The van der Waals surface area contributed by atoms with Crippen LogP contribution in [0.15, 0.2) is 42.7 Å². The Morgan fingerprint density at radius 1 is 1.16 bits per heavy atom. The number of nitrogens with two attached hydrogens (primary N) is 1. The smallest absolute Gasteiger partial charge is 0.264 e. The molecule has 12 heteroatoms. The highest BCUT2D eigenvalue weighted by atomic mass is 32.2. The summed E-state index contributed by atoms with van der Waals surface area (Å²) in [7, 11) is 1.98. The Labute approximate surface area is 188 Å². The summed E-state index contributed by atoms with van der Waals surface area (Å²) in [6, 6.07) is 9.26. The first-order valence-corrected chi connectivity index (χ1v) is 11.6. The minimum Gasteiger partial charge on any atom is -0.377 e. The number of nitrogens with zero attached hydrogens (tertiary/aromatic N) is 5. The van der Waals surface area contributed by atoms with E-state index in [-0.39, 0.29) is 31.3 Å². The molecule has 32 heavy (non-hydrogen) atoms. The van der Waals surface area contributed by atoms with E-state index >= 15 is 0 Å². The third-order valence-corrected chi connectivity index (χ3v) is 4.71. The predicted molar refractivity (Wildman–Crippen MR) is 123 cm³/mol. The molecular formula is C20H25BN6O4S. The zero-order chi connectivity index (χ0) is 23.4. The predicted octanol–water partition coefficient (Wildman–Crippen LogP) is 0.450. The van der Waals surface area contributed by atoms with Crippen molar-refractivity contribution in [3.8, 4) is 0 Å². The maximum atomic E-state index is 11.9. The quantitative estimate of drug-likeness (QED) is 0.339. The molecule has 1 unspecified atom stereocenters. The third-order valence-electron chi connectivity index (χ3n) is 4.09. The van der Waals surface area contributed by atoms with Gasteiger partial charge in [-0.2, -0.15) is 13.4 Å². The molecular weight excluding hydrogens is 431 g/mol. The second kappa shape index (κ2) is 9.86.